The largest absolute Gasteiger partial charge is 0.397 e. The highest BCUT2D eigenvalue weighted by Gasteiger charge is 2.13. The first-order chi connectivity index (χ1) is 9.56. The molecule has 1 atom stereocenters. The van der Waals surface area contributed by atoms with Crippen LogP contribution >= 0.6 is 0 Å². The maximum absolute atomic E-state index is 12.8. The van der Waals surface area contributed by atoms with Crippen LogP contribution in [0, 0.1) is 5.82 Å². The van der Waals surface area contributed by atoms with Gasteiger partial charge in [-0.05, 0) is 43.2 Å². The molecule has 0 spiro atoms. The Morgan fingerprint density at radius 3 is 2.70 bits per heavy atom. The van der Waals surface area contributed by atoms with Gasteiger partial charge in [-0.3, -0.25) is 4.79 Å². The molecule has 0 aliphatic rings. The lowest BCUT2D eigenvalue weighted by molar-refractivity contribution is 0.0936. The number of nitrogen functional groups attached to an aromatic ring is 1. The number of nitrogens with two attached hydrogens (primary N) is 1. The van der Waals surface area contributed by atoms with Gasteiger partial charge in [0.15, 0.2) is 5.69 Å². The summed E-state index contributed by atoms with van der Waals surface area (Å²) in [5.41, 5.74) is 7.22. The van der Waals surface area contributed by atoms with Crippen molar-refractivity contribution in [1.82, 2.24) is 10.3 Å². The van der Waals surface area contributed by atoms with Gasteiger partial charge >= 0.3 is 0 Å². The van der Waals surface area contributed by atoms with E-state index < -0.39 is 0 Å². The predicted octanol–water partition coefficient (Wildman–Crippen LogP) is 2.16. The standard InChI is InChI=1S/C15H16FN3O/c1-10(9-11-4-6-12(16)7-5-11)19-15(20)14-13(17)3-2-8-18-14/h2-8,10H,9,17H2,1H3,(H,19,20). The van der Waals surface area contributed by atoms with E-state index in [2.05, 4.69) is 10.3 Å². The van der Waals surface area contributed by atoms with Crippen LogP contribution in [0.1, 0.15) is 23.0 Å². The molecular formula is C15H16FN3O. The lowest BCUT2D eigenvalue weighted by atomic mass is 10.1. The molecule has 2 rings (SSSR count). The maximum atomic E-state index is 12.8. The number of pyridine rings is 1. The molecule has 104 valence electrons. The van der Waals surface area contributed by atoms with Crippen LogP contribution in [0.25, 0.3) is 0 Å². The first-order valence-electron chi connectivity index (χ1n) is 6.32. The minimum Gasteiger partial charge on any atom is -0.397 e. The zero-order valence-electron chi connectivity index (χ0n) is 11.1. The molecule has 0 aliphatic carbocycles. The summed E-state index contributed by atoms with van der Waals surface area (Å²) in [6.45, 7) is 1.88. The number of nitrogens with one attached hydrogen (secondary N) is 1. The number of rotatable bonds is 4. The van der Waals surface area contributed by atoms with E-state index in [4.69, 9.17) is 5.73 Å². The average Bonchev–Trinajstić information content (AvgIpc) is 2.41. The van der Waals surface area contributed by atoms with Gasteiger partial charge in [-0.2, -0.15) is 0 Å². The van der Waals surface area contributed by atoms with Crippen LogP contribution in [0.2, 0.25) is 0 Å². The van der Waals surface area contributed by atoms with Gasteiger partial charge in [-0.25, -0.2) is 9.37 Å². The number of carbonyl (C=O) groups is 1. The number of halogens is 1. The number of aromatic nitrogens is 1. The summed E-state index contributed by atoms with van der Waals surface area (Å²) in [6, 6.07) is 9.41. The quantitative estimate of drug-likeness (QED) is 0.897. The first-order valence-corrected chi connectivity index (χ1v) is 6.32. The Morgan fingerprint density at radius 2 is 2.05 bits per heavy atom. The van der Waals surface area contributed by atoms with Crippen molar-refractivity contribution in [3.05, 3.63) is 59.7 Å². The molecular weight excluding hydrogens is 257 g/mol. The summed E-state index contributed by atoms with van der Waals surface area (Å²) in [5, 5.41) is 2.82. The lowest BCUT2D eigenvalue weighted by Crippen LogP contribution is -2.35. The van der Waals surface area contributed by atoms with Crippen molar-refractivity contribution in [3.8, 4) is 0 Å². The third-order valence-electron chi connectivity index (χ3n) is 2.89. The summed E-state index contributed by atoms with van der Waals surface area (Å²) in [4.78, 5) is 16.0. The normalized spacial score (nSPS) is 11.9. The van der Waals surface area contributed by atoms with Crippen molar-refractivity contribution in [2.24, 2.45) is 0 Å². The number of hydrogen-bond acceptors (Lipinski definition) is 3. The molecule has 0 saturated heterocycles. The number of carbonyl (C=O) groups excluding carboxylic acids is 1. The van der Waals surface area contributed by atoms with Crippen LogP contribution in [-0.4, -0.2) is 16.9 Å². The van der Waals surface area contributed by atoms with Gasteiger partial charge in [0.05, 0.1) is 5.69 Å². The van der Waals surface area contributed by atoms with Gasteiger partial charge in [0.25, 0.3) is 5.91 Å². The molecule has 0 bridgehead atoms. The second kappa shape index (κ2) is 6.14. The summed E-state index contributed by atoms with van der Waals surface area (Å²) < 4.78 is 12.8. The second-order valence-corrected chi connectivity index (χ2v) is 4.65. The molecule has 20 heavy (non-hydrogen) atoms. The molecule has 0 aliphatic heterocycles. The highest BCUT2D eigenvalue weighted by Crippen LogP contribution is 2.09. The molecule has 2 aromatic rings. The van der Waals surface area contributed by atoms with Gasteiger partial charge in [0.2, 0.25) is 0 Å². The Labute approximate surface area is 116 Å². The van der Waals surface area contributed by atoms with Crippen molar-refractivity contribution in [1.29, 1.82) is 0 Å². The third kappa shape index (κ3) is 3.54. The fourth-order valence-corrected chi connectivity index (χ4v) is 1.92. The molecule has 0 saturated carbocycles. The van der Waals surface area contributed by atoms with Crippen molar-refractivity contribution in [2.75, 3.05) is 5.73 Å². The van der Waals surface area contributed by atoms with Crippen molar-refractivity contribution >= 4 is 11.6 Å². The van der Waals surface area contributed by atoms with E-state index in [1.807, 2.05) is 6.92 Å². The monoisotopic (exact) mass is 273 g/mol. The van der Waals surface area contributed by atoms with Gasteiger partial charge in [-0.1, -0.05) is 12.1 Å². The zero-order valence-corrected chi connectivity index (χ0v) is 11.1. The zero-order chi connectivity index (χ0) is 14.5. The number of amides is 1. The highest BCUT2D eigenvalue weighted by molar-refractivity contribution is 5.97. The van der Waals surface area contributed by atoms with Crippen molar-refractivity contribution < 1.29 is 9.18 Å². The number of nitrogens with zero attached hydrogens (tertiary/aromatic N) is 1. The highest BCUT2D eigenvalue weighted by atomic mass is 19.1. The average molecular weight is 273 g/mol. The number of hydrogen-bond donors (Lipinski definition) is 2. The Morgan fingerprint density at radius 1 is 1.35 bits per heavy atom. The number of anilines is 1. The smallest absolute Gasteiger partial charge is 0.272 e. The molecule has 3 N–H and O–H groups in total. The fourth-order valence-electron chi connectivity index (χ4n) is 1.92. The molecule has 1 amide bonds. The molecule has 0 fully saturated rings. The molecule has 5 heteroatoms. The van der Waals surface area contributed by atoms with E-state index in [1.165, 1.54) is 18.3 Å². The van der Waals surface area contributed by atoms with Gasteiger partial charge in [0.1, 0.15) is 5.82 Å². The van der Waals surface area contributed by atoms with E-state index in [9.17, 15) is 9.18 Å². The second-order valence-electron chi connectivity index (χ2n) is 4.65. The Hall–Kier alpha value is -2.43. The molecule has 1 aromatic heterocycles. The lowest BCUT2D eigenvalue weighted by Gasteiger charge is -2.14. The Bertz CT molecular complexity index is 598. The minimum absolute atomic E-state index is 0.102. The fraction of sp³-hybridized carbons (Fsp3) is 0.200. The van der Waals surface area contributed by atoms with Crippen LogP contribution in [0.4, 0.5) is 10.1 Å². The first kappa shape index (κ1) is 14.0. The van der Waals surface area contributed by atoms with Crippen LogP contribution in [-0.2, 0) is 6.42 Å². The van der Waals surface area contributed by atoms with Gasteiger partial charge < -0.3 is 11.1 Å². The van der Waals surface area contributed by atoms with Crippen LogP contribution in [0.3, 0.4) is 0 Å². The predicted molar refractivity (Wildman–Crippen MR) is 75.7 cm³/mol. The Kier molecular flexibility index (Phi) is 4.30. The molecule has 1 heterocycles. The summed E-state index contributed by atoms with van der Waals surface area (Å²) in [6.07, 6.45) is 2.13. The minimum atomic E-state index is -0.308. The molecule has 0 radical (unpaired) electrons. The summed E-state index contributed by atoms with van der Waals surface area (Å²) in [5.74, 6) is -0.579. The Balaban J connectivity index is 1.98. The number of benzene rings is 1. The van der Waals surface area contributed by atoms with Gasteiger partial charge in [0, 0.05) is 12.2 Å². The van der Waals surface area contributed by atoms with E-state index in [-0.39, 0.29) is 23.5 Å². The van der Waals surface area contributed by atoms with Crippen LogP contribution in [0.5, 0.6) is 0 Å². The SMILES string of the molecule is CC(Cc1ccc(F)cc1)NC(=O)c1ncccc1N. The summed E-state index contributed by atoms with van der Waals surface area (Å²) in [7, 11) is 0. The van der Waals surface area contributed by atoms with E-state index in [0.717, 1.165) is 5.56 Å². The van der Waals surface area contributed by atoms with Crippen molar-refractivity contribution in [3.63, 3.8) is 0 Å². The third-order valence-corrected chi connectivity index (χ3v) is 2.89. The maximum Gasteiger partial charge on any atom is 0.272 e. The van der Waals surface area contributed by atoms with E-state index in [0.29, 0.717) is 12.1 Å². The molecule has 1 aromatic carbocycles. The molecule has 1 unspecified atom stereocenters. The van der Waals surface area contributed by atoms with Crippen molar-refractivity contribution in [2.45, 2.75) is 19.4 Å². The topological polar surface area (TPSA) is 68.0 Å². The molecule has 4 nitrogen and oxygen atoms in total. The summed E-state index contributed by atoms with van der Waals surface area (Å²) >= 11 is 0. The van der Waals surface area contributed by atoms with Gasteiger partial charge in [-0.15, -0.1) is 0 Å². The van der Waals surface area contributed by atoms with Crippen LogP contribution < -0.4 is 11.1 Å². The van der Waals surface area contributed by atoms with E-state index >= 15 is 0 Å². The van der Waals surface area contributed by atoms with E-state index in [1.54, 1.807) is 24.3 Å². The van der Waals surface area contributed by atoms with Crippen LogP contribution in [0.15, 0.2) is 42.6 Å².